The number of hydrogen-bond acceptors (Lipinski definition) is 4. The molecule has 2 amide bonds. The molecule has 0 aromatic heterocycles. The van der Waals surface area contributed by atoms with Crippen LogP contribution in [0.4, 0.5) is 4.39 Å². The zero-order chi connectivity index (χ0) is 23.9. The van der Waals surface area contributed by atoms with Crippen LogP contribution >= 0.6 is 0 Å². The maximum Gasteiger partial charge on any atom is 0.243 e. The number of carbonyl (C=O) groups is 2. The van der Waals surface area contributed by atoms with Crippen molar-refractivity contribution in [2.24, 2.45) is 0 Å². The Morgan fingerprint density at radius 3 is 2.22 bits per heavy atom. The molecule has 2 aromatic rings. The van der Waals surface area contributed by atoms with Gasteiger partial charge in [0.2, 0.25) is 21.8 Å². The van der Waals surface area contributed by atoms with E-state index in [0.717, 1.165) is 16.3 Å². The third kappa shape index (κ3) is 6.61. The Morgan fingerprint density at radius 1 is 1.06 bits per heavy atom. The molecule has 0 unspecified atom stereocenters. The number of hydrogen-bond donors (Lipinski definition) is 1. The second-order valence-corrected chi connectivity index (χ2v) is 9.73. The molecule has 1 atom stereocenters. The van der Waals surface area contributed by atoms with Crippen molar-refractivity contribution in [2.75, 3.05) is 20.1 Å². The van der Waals surface area contributed by atoms with Crippen LogP contribution in [-0.2, 0) is 26.2 Å². The maximum absolute atomic E-state index is 13.3. The molecule has 1 N–H and O–H groups in total. The molecule has 0 aliphatic heterocycles. The highest BCUT2D eigenvalue weighted by atomic mass is 32.2. The van der Waals surface area contributed by atoms with E-state index in [-0.39, 0.29) is 17.3 Å². The molecule has 0 radical (unpaired) electrons. The number of halogens is 1. The number of likely N-dealkylation sites (N-methyl/N-ethyl adjacent to an activating group) is 1. The highest BCUT2D eigenvalue weighted by Gasteiger charge is 2.30. The molecule has 0 heterocycles. The molecule has 7 nitrogen and oxygen atoms in total. The lowest BCUT2D eigenvalue weighted by molar-refractivity contribution is -0.140. The Hall–Kier alpha value is -2.78. The Bertz CT molecular complexity index is 1020. The SMILES string of the molecule is CCCNC(=O)[C@H](C)N(Cc1ccc(F)cc1)C(=O)CN(C)S(=O)(=O)c1ccc(C)cc1. The normalized spacial score (nSPS) is 12.4. The summed E-state index contributed by atoms with van der Waals surface area (Å²) in [4.78, 5) is 27.1. The highest BCUT2D eigenvalue weighted by molar-refractivity contribution is 7.89. The average molecular weight is 464 g/mol. The summed E-state index contributed by atoms with van der Waals surface area (Å²) in [5.41, 5.74) is 1.54. The molecule has 32 heavy (non-hydrogen) atoms. The second kappa shape index (κ2) is 11.2. The van der Waals surface area contributed by atoms with Gasteiger partial charge in [-0.2, -0.15) is 4.31 Å². The van der Waals surface area contributed by atoms with Gasteiger partial charge in [0.05, 0.1) is 11.4 Å². The second-order valence-electron chi connectivity index (χ2n) is 7.69. The lowest BCUT2D eigenvalue weighted by atomic mass is 10.1. The summed E-state index contributed by atoms with van der Waals surface area (Å²) in [5.74, 6) is -1.29. The van der Waals surface area contributed by atoms with Gasteiger partial charge < -0.3 is 10.2 Å². The van der Waals surface area contributed by atoms with E-state index in [2.05, 4.69) is 5.32 Å². The average Bonchev–Trinajstić information content (AvgIpc) is 2.76. The number of sulfonamides is 1. The van der Waals surface area contributed by atoms with Crippen molar-refractivity contribution < 1.29 is 22.4 Å². The first-order valence-electron chi connectivity index (χ1n) is 10.4. The number of nitrogens with zero attached hydrogens (tertiary/aromatic N) is 2. The Balaban J connectivity index is 2.24. The van der Waals surface area contributed by atoms with Gasteiger partial charge in [0.1, 0.15) is 11.9 Å². The van der Waals surface area contributed by atoms with Crippen LogP contribution in [0.15, 0.2) is 53.4 Å². The molecule has 0 fully saturated rings. The van der Waals surface area contributed by atoms with E-state index in [9.17, 15) is 22.4 Å². The third-order valence-corrected chi connectivity index (χ3v) is 6.89. The summed E-state index contributed by atoms with van der Waals surface area (Å²) in [6.07, 6.45) is 0.738. The zero-order valence-corrected chi connectivity index (χ0v) is 19.7. The van der Waals surface area contributed by atoms with Gasteiger partial charge in [-0.25, -0.2) is 12.8 Å². The molecule has 2 rings (SSSR count). The largest absolute Gasteiger partial charge is 0.354 e. The van der Waals surface area contributed by atoms with Gasteiger partial charge in [-0.1, -0.05) is 36.8 Å². The molecule has 0 saturated heterocycles. The predicted octanol–water partition coefficient (Wildman–Crippen LogP) is 2.70. The molecule has 0 saturated carbocycles. The molecule has 0 aliphatic rings. The van der Waals surface area contributed by atoms with Crippen LogP contribution < -0.4 is 5.32 Å². The van der Waals surface area contributed by atoms with E-state index in [0.29, 0.717) is 12.1 Å². The smallest absolute Gasteiger partial charge is 0.243 e. The van der Waals surface area contributed by atoms with E-state index in [1.54, 1.807) is 19.1 Å². The van der Waals surface area contributed by atoms with E-state index in [1.165, 1.54) is 48.3 Å². The lowest BCUT2D eigenvalue weighted by Crippen LogP contribution is -2.50. The summed E-state index contributed by atoms with van der Waals surface area (Å²) in [7, 11) is -2.56. The topological polar surface area (TPSA) is 86.8 Å². The van der Waals surface area contributed by atoms with Gasteiger partial charge in [0.15, 0.2) is 0 Å². The Morgan fingerprint density at radius 2 is 1.66 bits per heavy atom. The minimum Gasteiger partial charge on any atom is -0.354 e. The van der Waals surface area contributed by atoms with Gasteiger partial charge in [-0.3, -0.25) is 9.59 Å². The van der Waals surface area contributed by atoms with Crippen LogP contribution in [0.25, 0.3) is 0 Å². The molecule has 0 aliphatic carbocycles. The first kappa shape index (κ1) is 25.5. The first-order valence-corrected chi connectivity index (χ1v) is 11.8. The summed E-state index contributed by atoms with van der Waals surface area (Å²) in [5, 5.41) is 2.75. The molecule has 2 aromatic carbocycles. The highest BCUT2D eigenvalue weighted by Crippen LogP contribution is 2.17. The van der Waals surface area contributed by atoms with E-state index in [4.69, 9.17) is 0 Å². The van der Waals surface area contributed by atoms with E-state index in [1.807, 2.05) is 13.8 Å². The van der Waals surface area contributed by atoms with E-state index < -0.39 is 34.3 Å². The Kier molecular flexibility index (Phi) is 8.91. The van der Waals surface area contributed by atoms with Crippen LogP contribution in [0, 0.1) is 12.7 Å². The van der Waals surface area contributed by atoms with Crippen LogP contribution in [0.5, 0.6) is 0 Å². The number of rotatable bonds is 10. The zero-order valence-electron chi connectivity index (χ0n) is 18.8. The number of amides is 2. The lowest BCUT2D eigenvalue weighted by Gasteiger charge is -2.30. The Labute approximate surface area is 189 Å². The van der Waals surface area contributed by atoms with Crippen molar-refractivity contribution in [2.45, 2.75) is 44.7 Å². The van der Waals surface area contributed by atoms with Gasteiger partial charge in [0.25, 0.3) is 0 Å². The van der Waals surface area contributed by atoms with Crippen LogP contribution in [0.1, 0.15) is 31.4 Å². The van der Waals surface area contributed by atoms with Crippen LogP contribution in [-0.4, -0.2) is 55.6 Å². The number of nitrogens with one attached hydrogen (secondary N) is 1. The van der Waals surface area contributed by atoms with Crippen molar-refractivity contribution >= 4 is 21.8 Å². The van der Waals surface area contributed by atoms with Crippen molar-refractivity contribution in [3.63, 3.8) is 0 Å². The fourth-order valence-electron chi connectivity index (χ4n) is 3.02. The molecule has 0 bridgehead atoms. The van der Waals surface area contributed by atoms with Gasteiger partial charge in [0, 0.05) is 20.1 Å². The number of aryl methyl sites for hydroxylation is 1. The molecule has 174 valence electrons. The quantitative estimate of drug-likeness (QED) is 0.587. The third-order valence-electron chi connectivity index (χ3n) is 5.07. The summed E-state index contributed by atoms with van der Waals surface area (Å²) >= 11 is 0. The predicted molar refractivity (Wildman–Crippen MR) is 121 cm³/mol. The summed E-state index contributed by atoms with van der Waals surface area (Å²) in [6, 6.07) is 11.1. The van der Waals surface area contributed by atoms with Gasteiger partial charge in [-0.05, 0) is 50.1 Å². The summed E-state index contributed by atoms with van der Waals surface area (Å²) in [6.45, 7) is 5.41. The van der Waals surface area contributed by atoms with Crippen molar-refractivity contribution in [3.8, 4) is 0 Å². The molecular weight excluding hydrogens is 433 g/mol. The van der Waals surface area contributed by atoms with Crippen LogP contribution in [0.2, 0.25) is 0 Å². The fraction of sp³-hybridized carbons (Fsp3) is 0.391. The van der Waals surface area contributed by atoms with Gasteiger partial charge in [-0.15, -0.1) is 0 Å². The fourth-order valence-corrected chi connectivity index (χ4v) is 4.14. The van der Waals surface area contributed by atoms with Crippen molar-refractivity contribution in [3.05, 3.63) is 65.5 Å². The minimum absolute atomic E-state index is 0.0399. The number of benzene rings is 2. The van der Waals surface area contributed by atoms with Crippen molar-refractivity contribution in [1.82, 2.24) is 14.5 Å². The molecule has 9 heteroatoms. The van der Waals surface area contributed by atoms with Crippen molar-refractivity contribution in [1.29, 1.82) is 0 Å². The molecule has 0 spiro atoms. The minimum atomic E-state index is -3.89. The first-order chi connectivity index (χ1) is 15.1. The van der Waals surface area contributed by atoms with Crippen LogP contribution in [0.3, 0.4) is 0 Å². The standard InChI is InChI=1S/C23H30FN3O4S/c1-5-14-25-23(29)18(3)27(15-19-8-10-20(24)11-9-19)22(28)16-26(4)32(30,31)21-12-6-17(2)7-13-21/h6-13,18H,5,14-16H2,1-4H3,(H,25,29)/t18-/m0/s1. The number of carbonyl (C=O) groups excluding carboxylic acids is 2. The monoisotopic (exact) mass is 463 g/mol. The summed E-state index contributed by atoms with van der Waals surface area (Å²) < 4.78 is 40.0. The van der Waals surface area contributed by atoms with E-state index >= 15 is 0 Å². The maximum atomic E-state index is 13.3. The molecular formula is C23H30FN3O4S. The van der Waals surface area contributed by atoms with Gasteiger partial charge >= 0.3 is 0 Å².